The van der Waals surface area contributed by atoms with Crippen molar-refractivity contribution >= 4 is 11.9 Å². The Hall–Kier alpha value is -2.04. The lowest BCUT2D eigenvalue weighted by molar-refractivity contribution is -0.137. The van der Waals surface area contributed by atoms with E-state index in [1.807, 2.05) is 25.1 Å². The predicted octanol–water partition coefficient (Wildman–Crippen LogP) is 2.07. The first-order valence-electron chi connectivity index (χ1n) is 6.74. The predicted molar refractivity (Wildman–Crippen MR) is 75.6 cm³/mol. The molecular formula is C15H21NO4. The van der Waals surface area contributed by atoms with Crippen LogP contribution < -0.4 is 10.1 Å². The Morgan fingerprint density at radius 1 is 1.25 bits per heavy atom. The zero-order chi connectivity index (χ0) is 14.8. The van der Waals surface area contributed by atoms with Gasteiger partial charge in [0.05, 0.1) is 0 Å². The van der Waals surface area contributed by atoms with Crippen molar-refractivity contribution < 1.29 is 19.4 Å². The van der Waals surface area contributed by atoms with Crippen molar-refractivity contribution in [2.75, 3.05) is 13.2 Å². The van der Waals surface area contributed by atoms with E-state index in [1.54, 1.807) is 12.1 Å². The molecule has 5 heteroatoms. The number of carbonyl (C=O) groups excluding carboxylic acids is 1. The molecule has 1 aromatic rings. The second kappa shape index (κ2) is 8.96. The number of aliphatic carboxylic acids is 1. The van der Waals surface area contributed by atoms with Crippen LogP contribution in [0.25, 0.3) is 0 Å². The SMILES string of the molecule is CC(CCNC(=O)COc1ccccc1)CCC(=O)O. The van der Waals surface area contributed by atoms with Crippen LogP contribution in [0.2, 0.25) is 0 Å². The molecule has 0 saturated carbocycles. The van der Waals surface area contributed by atoms with Crippen LogP contribution in [0.1, 0.15) is 26.2 Å². The molecule has 0 saturated heterocycles. The highest BCUT2D eigenvalue weighted by Crippen LogP contribution is 2.09. The summed E-state index contributed by atoms with van der Waals surface area (Å²) in [6, 6.07) is 9.16. The molecule has 0 aliphatic carbocycles. The van der Waals surface area contributed by atoms with Crippen molar-refractivity contribution in [1.82, 2.24) is 5.32 Å². The Morgan fingerprint density at radius 2 is 1.95 bits per heavy atom. The number of carboxylic acids is 1. The molecule has 1 unspecified atom stereocenters. The molecule has 1 rings (SSSR count). The molecule has 2 N–H and O–H groups in total. The maximum Gasteiger partial charge on any atom is 0.303 e. The minimum absolute atomic E-state index is 0.00643. The van der Waals surface area contributed by atoms with E-state index in [1.165, 1.54) is 0 Å². The van der Waals surface area contributed by atoms with E-state index >= 15 is 0 Å². The Morgan fingerprint density at radius 3 is 2.60 bits per heavy atom. The molecule has 0 aromatic heterocycles. The molecule has 1 atom stereocenters. The van der Waals surface area contributed by atoms with Gasteiger partial charge in [-0.1, -0.05) is 25.1 Å². The number of nitrogens with one attached hydrogen (secondary N) is 1. The van der Waals surface area contributed by atoms with Crippen LogP contribution in [0.3, 0.4) is 0 Å². The van der Waals surface area contributed by atoms with Gasteiger partial charge in [0.2, 0.25) is 0 Å². The van der Waals surface area contributed by atoms with Crippen molar-refractivity contribution in [3.8, 4) is 5.75 Å². The third-order valence-electron chi connectivity index (χ3n) is 2.92. The van der Waals surface area contributed by atoms with Crippen LogP contribution in [-0.2, 0) is 9.59 Å². The third kappa shape index (κ3) is 7.41. The van der Waals surface area contributed by atoms with Gasteiger partial charge in [-0.15, -0.1) is 0 Å². The molecule has 5 nitrogen and oxygen atoms in total. The molecular weight excluding hydrogens is 258 g/mol. The number of rotatable bonds is 9. The summed E-state index contributed by atoms with van der Waals surface area (Å²) in [6.45, 7) is 2.51. The van der Waals surface area contributed by atoms with E-state index in [9.17, 15) is 9.59 Å². The standard InChI is InChI=1S/C15H21NO4/c1-12(7-8-15(18)19)9-10-16-14(17)11-20-13-5-3-2-4-6-13/h2-6,12H,7-11H2,1H3,(H,16,17)(H,18,19). The molecule has 0 radical (unpaired) electrons. The zero-order valence-electron chi connectivity index (χ0n) is 11.7. The fraction of sp³-hybridized carbons (Fsp3) is 0.467. The molecule has 0 spiro atoms. The normalized spacial score (nSPS) is 11.7. The number of amides is 1. The minimum Gasteiger partial charge on any atom is -0.484 e. The summed E-state index contributed by atoms with van der Waals surface area (Å²) >= 11 is 0. The number of benzene rings is 1. The molecule has 0 fully saturated rings. The lowest BCUT2D eigenvalue weighted by Gasteiger charge is -2.11. The fourth-order valence-corrected chi connectivity index (χ4v) is 1.69. The van der Waals surface area contributed by atoms with E-state index < -0.39 is 5.97 Å². The van der Waals surface area contributed by atoms with Crippen LogP contribution >= 0.6 is 0 Å². The van der Waals surface area contributed by atoms with Gasteiger partial charge in [-0.2, -0.15) is 0 Å². The van der Waals surface area contributed by atoms with Crippen molar-refractivity contribution in [3.05, 3.63) is 30.3 Å². The maximum absolute atomic E-state index is 11.5. The Bertz CT molecular complexity index is 419. The highest BCUT2D eigenvalue weighted by molar-refractivity contribution is 5.77. The average molecular weight is 279 g/mol. The van der Waals surface area contributed by atoms with Gasteiger partial charge >= 0.3 is 5.97 Å². The second-order valence-corrected chi connectivity index (χ2v) is 4.78. The summed E-state index contributed by atoms with van der Waals surface area (Å²) in [5.41, 5.74) is 0. The molecule has 0 aliphatic heterocycles. The highest BCUT2D eigenvalue weighted by atomic mass is 16.5. The fourth-order valence-electron chi connectivity index (χ4n) is 1.69. The van der Waals surface area contributed by atoms with Crippen LogP contribution in [0.5, 0.6) is 5.75 Å². The highest BCUT2D eigenvalue weighted by Gasteiger charge is 2.07. The van der Waals surface area contributed by atoms with Gasteiger partial charge in [0.15, 0.2) is 6.61 Å². The summed E-state index contributed by atoms with van der Waals surface area (Å²) in [4.78, 5) is 22.0. The number of carboxylic acid groups (broad SMARTS) is 1. The van der Waals surface area contributed by atoms with Gasteiger partial charge in [-0.05, 0) is 30.9 Å². The minimum atomic E-state index is -0.780. The summed E-state index contributed by atoms with van der Waals surface area (Å²) in [5, 5.41) is 11.3. The Kier molecular flexibility index (Phi) is 7.17. The number of hydrogen-bond acceptors (Lipinski definition) is 3. The van der Waals surface area contributed by atoms with Crippen LogP contribution in [-0.4, -0.2) is 30.1 Å². The first-order chi connectivity index (χ1) is 9.58. The number of hydrogen-bond donors (Lipinski definition) is 2. The summed E-state index contributed by atoms with van der Waals surface area (Å²) in [5.74, 6) is -0.00430. The first-order valence-corrected chi connectivity index (χ1v) is 6.74. The van der Waals surface area contributed by atoms with Gasteiger partial charge in [0, 0.05) is 13.0 Å². The van der Waals surface area contributed by atoms with Crippen molar-refractivity contribution in [3.63, 3.8) is 0 Å². The van der Waals surface area contributed by atoms with E-state index in [-0.39, 0.29) is 24.9 Å². The third-order valence-corrected chi connectivity index (χ3v) is 2.92. The molecule has 0 heterocycles. The second-order valence-electron chi connectivity index (χ2n) is 4.78. The van der Waals surface area contributed by atoms with E-state index in [0.29, 0.717) is 18.7 Å². The van der Waals surface area contributed by atoms with Crippen LogP contribution in [0, 0.1) is 5.92 Å². The van der Waals surface area contributed by atoms with Gasteiger partial charge in [0.25, 0.3) is 5.91 Å². The number of para-hydroxylation sites is 1. The number of carbonyl (C=O) groups is 2. The first kappa shape index (κ1) is 16.0. The lowest BCUT2D eigenvalue weighted by Crippen LogP contribution is -2.30. The zero-order valence-corrected chi connectivity index (χ0v) is 11.7. The summed E-state index contributed by atoms with van der Waals surface area (Å²) < 4.78 is 5.31. The van der Waals surface area contributed by atoms with E-state index in [2.05, 4.69) is 5.32 Å². The van der Waals surface area contributed by atoms with Crippen molar-refractivity contribution in [2.45, 2.75) is 26.2 Å². The lowest BCUT2D eigenvalue weighted by atomic mass is 10.0. The van der Waals surface area contributed by atoms with E-state index in [0.717, 1.165) is 6.42 Å². The van der Waals surface area contributed by atoms with Gasteiger partial charge < -0.3 is 15.2 Å². The summed E-state index contributed by atoms with van der Waals surface area (Å²) in [6.07, 6.45) is 1.57. The Labute approximate surface area is 118 Å². The molecule has 1 aromatic carbocycles. The van der Waals surface area contributed by atoms with Gasteiger partial charge in [0.1, 0.15) is 5.75 Å². The number of ether oxygens (including phenoxy) is 1. The molecule has 20 heavy (non-hydrogen) atoms. The average Bonchev–Trinajstić information content (AvgIpc) is 2.44. The topological polar surface area (TPSA) is 75.6 Å². The monoisotopic (exact) mass is 279 g/mol. The van der Waals surface area contributed by atoms with Crippen molar-refractivity contribution in [1.29, 1.82) is 0 Å². The summed E-state index contributed by atoms with van der Waals surface area (Å²) in [7, 11) is 0. The van der Waals surface area contributed by atoms with E-state index in [4.69, 9.17) is 9.84 Å². The maximum atomic E-state index is 11.5. The quantitative estimate of drug-likeness (QED) is 0.725. The largest absolute Gasteiger partial charge is 0.484 e. The van der Waals surface area contributed by atoms with Crippen LogP contribution in [0.4, 0.5) is 0 Å². The molecule has 0 aliphatic rings. The smallest absolute Gasteiger partial charge is 0.303 e. The van der Waals surface area contributed by atoms with Gasteiger partial charge in [-0.3, -0.25) is 9.59 Å². The van der Waals surface area contributed by atoms with Gasteiger partial charge in [-0.25, -0.2) is 0 Å². The van der Waals surface area contributed by atoms with Crippen LogP contribution in [0.15, 0.2) is 30.3 Å². The molecule has 0 bridgehead atoms. The van der Waals surface area contributed by atoms with Crippen molar-refractivity contribution in [2.24, 2.45) is 5.92 Å². The Balaban J connectivity index is 2.09. The molecule has 110 valence electrons. The molecule has 1 amide bonds.